The molecule has 136 valence electrons. The fourth-order valence-corrected chi connectivity index (χ4v) is 4.01. The number of aryl methyl sites for hydroxylation is 2. The highest BCUT2D eigenvalue weighted by atomic mass is 16.3. The molecule has 2 atom stereocenters. The van der Waals surface area contributed by atoms with E-state index >= 15 is 0 Å². The van der Waals surface area contributed by atoms with Crippen LogP contribution >= 0.6 is 0 Å². The van der Waals surface area contributed by atoms with E-state index in [1.807, 2.05) is 25.5 Å². The summed E-state index contributed by atoms with van der Waals surface area (Å²) in [7, 11) is 6.39. The molecule has 0 unspecified atom stereocenters. The Morgan fingerprint density at radius 3 is 2.84 bits per heavy atom. The van der Waals surface area contributed by atoms with Crippen molar-refractivity contribution in [3.8, 4) is 5.75 Å². The molecule has 0 spiro atoms. The van der Waals surface area contributed by atoms with Gasteiger partial charge in [0.15, 0.2) is 0 Å². The van der Waals surface area contributed by atoms with E-state index in [9.17, 15) is 5.11 Å². The van der Waals surface area contributed by atoms with Crippen LogP contribution in [0.25, 0.3) is 0 Å². The molecule has 3 rings (SSSR count). The highest BCUT2D eigenvalue weighted by Gasteiger charge is 2.33. The standard InChI is InChI=1S/C19H29N5O/c1-14-7-8-18(25)16(21-14)12-22(2)11-15-6-5-9-23(3)19(15)17-10-20-13-24(17)4/h7-8,10,13,15,19,25H,5-6,9,11-12H2,1-4H3/t15-,19+/m0/s1. The molecule has 2 aromatic rings. The second-order valence-corrected chi connectivity index (χ2v) is 7.37. The number of pyridine rings is 1. The predicted molar refractivity (Wildman–Crippen MR) is 98.3 cm³/mol. The number of piperidine rings is 1. The van der Waals surface area contributed by atoms with Gasteiger partial charge in [0.1, 0.15) is 5.75 Å². The van der Waals surface area contributed by atoms with E-state index in [0.29, 0.717) is 18.5 Å². The van der Waals surface area contributed by atoms with Gasteiger partial charge < -0.3 is 14.6 Å². The second-order valence-electron chi connectivity index (χ2n) is 7.37. The van der Waals surface area contributed by atoms with Gasteiger partial charge >= 0.3 is 0 Å². The summed E-state index contributed by atoms with van der Waals surface area (Å²) >= 11 is 0. The molecule has 2 aromatic heterocycles. The molecule has 0 bridgehead atoms. The fourth-order valence-electron chi connectivity index (χ4n) is 4.01. The van der Waals surface area contributed by atoms with Crippen molar-refractivity contribution in [2.45, 2.75) is 32.4 Å². The van der Waals surface area contributed by atoms with Crippen molar-refractivity contribution in [3.63, 3.8) is 0 Å². The Bertz CT molecular complexity index is 714. The molecule has 0 saturated carbocycles. The van der Waals surface area contributed by atoms with Gasteiger partial charge in [0.2, 0.25) is 0 Å². The minimum atomic E-state index is 0.279. The highest BCUT2D eigenvalue weighted by molar-refractivity contribution is 5.27. The molecule has 1 fully saturated rings. The van der Waals surface area contributed by atoms with Crippen molar-refractivity contribution in [2.75, 3.05) is 27.2 Å². The van der Waals surface area contributed by atoms with Crippen molar-refractivity contribution in [1.29, 1.82) is 0 Å². The van der Waals surface area contributed by atoms with Crippen LogP contribution in [-0.2, 0) is 13.6 Å². The van der Waals surface area contributed by atoms with Crippen molar-refractivity contribution in [2.24, 2.45) is 13.0 Å². The number of likely N-dealkylation sites (tertiary alicyclic amines) is 1. The number of aromatic nitrogens is 3. The van der Waals surface area contributed by atoms with Crippen molar-refractivity contribution >= 4 is 0 Å². The summed E-state index contributed by atoms with van der Waals surface area (Å²) in [5.74, 6) is 0.812. The van der Waals surface area contributed by atoms with Crippen LogP contribution in [0.15, 0.2) is 24.7 Å². The molecule has 1 N–H and O–H groups in total. The summed E-state index contributed by atoms with van der Waals surface area (Å²) in [6, 6.07) is 3.95. The van der Waals surface area contributed by atoms with Gasteiger partial charge in [-0.25, -0.2) is 4.98 Å². The zero-order valence-electron chi connectivity index (χ0n) is 15.7. The van der Waals surface area contributed by atoms with E-state index in [-0.39, 0.29) is 5.75 Å². The van der Waals surface area contributed by atoms with Crippen molar-refractivity contribution < 1.29 is 5.11 Å². The Hall–Kier alpha value is -1.92. The molecule has 6 nitrogen and oxygen atoms in total. The monoisotopic (exact) mass is 343 g/mol. The molecule has 0 aliphatic carbocycles. The lowest BCUT2D eigenvalue weighted by Crippen LogP contribution is -2.41. The van der Waals surface area contributed by atoms with Gasteiger partial charge in [0.05, 0.1) is 23.8 Å². The van der Waals surface area contributed by atoms with Gasteiger partial charge in [-0.05, 0) is 58.5 Å². The van der Waals surface area contributed by atoms with Crippen LogP contribution in [0, 0.1) is 12.8 Å². The lowest BCUT2D eigenvalue weighted by molar-refractivity contribution is 0.0875. The fraction of sp³-hybridized carbons (Fsp3) is 0.579. The molecule has 0 radical (unpaired) electrons. The average molecular weight is 343 g/mol. The third kappa shape index (κ3) is 4.02. The molecule has 0 amide bonds. The van der Waals surface area contributed by atoms with Gasteiger partial charge in [0, 0.05) is 32.0 Å². The number of aromatic hydroxyl groups is 1. The molecule has 6 heteroatoms. The van der Waals surface area contributed by atoms with Gasteiger partial charge in [-0.3, -0.25) is 9.88 Å². The lowest BCUT2D eigenvalue weighted by atomic mass is 9.87. The topological polar surface area (TPSA) is 57.4 Å². The van der Waals surface area contributed by atoms with Gasteiger partial charge in [-0.2, -0.15) is 0 Å². The minimum Gasteiger partial charge on any atom is -0.506 e. The molecule has 1 aliphatic heterocycles. The summed E-state index contributed by atoms with van der Waals surface area (Å²) in [5.41, 5.74) is 2.97. The number of rotatable bonds is 5. The maximum Gasteiger partial charge on any atom is 0.138 e. The van der Waals surface area contributed by atoms with E-state index in [1.165, 1.54) is 18.5 Å². The molecule has 1 saturated heterocycles. The first-order valence-corrected chi connectivity index (χ1v) is 8.96. The Labute approximate surface area is 150 Å². The maximum atomic E-state index is 10.1. The third-order valence-electron chi connectivity index (χ3n) is 5.22. The molecule has 1 aliphatic rings. The Morgan fingerprint density at radius 1 is 1.32 bits per heavy atom. The predicted octanol–water partition coefficient (Wildman–Crippen LogP) is 2.34. The Kier molecular flexibility index (Phi) is 5.39. The van der Waals surface area contributed by atoms with Crippen LogP contribution < -0.4 is 0 Å². The van der Waals surface area contributed by atoms with E-state index in [1.54, 1.807) is 6.07 Å². The molecule has 3 heterocycles. The van der Waals surface area contributed by atoms with E-state index in [4.69, 9.17) is 0 Å². The Balaban J connectivity index is 1.73. The minimum absolute atomic E-state index is 0.279. The summed E-state index contributed by atoms with van der Waals surface area (Å²) < 4.78 is 2.13. The van der Waals surface area contributed by atoms with Gasteiger partial charge in [-0.15, -0.1) is 0 Å². The Morgan fingerprint density at radius 2 is 2.12 bits per heavy atom. The SMILES string of the molecule is Cc1ccc(O)c(CN(C)C[C@@H]2CCCN(C)[C@H]2c2cncn2C)n1. The largest absolute Gasteiger partial charge is 0.506 e. The lowest BCUT2D eigenvalue weighted by Gasteiger charge is -2.40. The number of nitrogens with zero attached hydrogens (tertiary/aromatic N) is 5. The first-order chi connectivity index (χ1) is 12.0. The first-order valence-electron chi connectivity index (χ1n) is 8.96. The number of hydrogen-bond acceptors (Lipinski definition) is 5. The van der Waals surface area contributed by atoms with E-state index < -0.39 is 0 Å². The van der Waals surface area contributed by atoms with Crippen molar-refractivity contribution in [1.82, 2.24) is 24.3 Å². The first kappa shape index (κ1) is 17.9. The number of imidazole rings is 1. The molecular weight excluding hydrogens is 314 g/mol. The van der Waals surface area contributed by atoms with Crippen LogP contribution in [0.5, 0.6) is 5.75 Å². The van der Waals surface area contributed by atoms with E-state index in [2.05, 4.69) is 45.5 Å². The maximum absolute atomic E-state index is 10.1. The van der Waals surface area contributed by atoms with Crippen LogP contribution in [0.1, 0.15) is 36.0 Å². The number of hydrogen-bond donors (Lipinski definition) is 1. The van der Waals surface area contributed by atoms with Gasteiger partial charge in [-0.1, -0.05) is 0 Å². The quantitative estimate of drug-likeness (QED) is 0.903. The molecule has 25 heavy (non-hydrogen) atoms. The summed E-state index contributed by atoms with van der Waals surface area (Å²) in [6.45, 7) is 4.70. The van der Waals surface area contributed by atoms with Crippen LogP contribution in [0.2, 0.25) is 0 Å². The smallest absolute Gasteiger partial charge is 0.138 e. The third-order valence-corrected chi connectivity index (χ3v) is 5.22. The molecular formula is C19H29N5O. The second kappa shape index (κ2) is 7.54. The van der Waals surface area contributed by atoms with Crippen LogP contribution in [0.4, 0.5) is 0 Å². The summed E-state index contributed by atoms with van der Waals surface area (Å²) in [5, 5.41) is 10.1. The normalized spacial score (nSPS) is 21.8. The summed E-state index contributed by atoms with van der Waals surface area (Å²) in [6.07, 6.45) is 6.30. The van der Waals surface area contributed by atoms with Crippen LogP contribution in [-0.4, -0.2) is 56.6 Å². The summed E-state index contributed by atoms with van der Waals surface area (Å²) in [4.78, 5) is 13.5. The van der Waals surface area contributed by atoms with Gasteiger partial charge in [0.25, 0.3) is 0 Å². The highest BCUT2D eigenvalue weighted by Crippen LogP contribution is 2.35. The zero-order valence-corrected chi connectivity index (χ0v) is 15.7. The average Bonchev–Trinajstić information content (AvgIpc) is 2.97. The van der Waals surface area contributed by atoms with Crippen LogP contribution in [0.3, 0.4) is 0 Å². The molecule has 0 aromatic carbocycles. The zero-order chi connectivity index (χ0) is 18.0. The van der Waals surface area contributed by atoms with Crippen molar-refractivity contribution in [3.05, 3.63) is 41.7 Å². The van der Waals surface area contributed by atoms with E-state index in [0.717, 1.165) is 24.5 Å².